The Hall–Kier alpha value is -2.64. The molecule has 2 atom stereocenters. The molecule has 1 aliphatic heterocycles. The van der Waals surface area contributed by atoms with Gasteiger partial charge >= 0.3 is 6.36 Å². The number of carbonyl (C=O) groups excluding carboxylic acids is 1. The lowest BCUT2D eigenvalue weighted by Gasteiger charge is -2.28. The Morgan fingerprint density at radius 2 is 1.79 bits per heavy atom. The monoisotopic (exact) mass is 413 g/mol. The van der Waals surface area contributed by atoms with Crippen LogP contribution in [0.25, 0.3) is 0 Å². The van der Waals surface area contributed by atoms with E-state index in [-0.39, 0.29) is 24.4 Å². The quantitative estimate of drug-likeness (QED) is 0.592. The molecule has 0 aliphatic carbocycles. The minimum atomic E-state index is -4.81. The first-order chi connectivity index (χ1) is 13.6. The Balaban J connectivity index is 1.89. The fourth-order valence-electron chi connectivity index (χ4n) is 3.62. The molecule has 156 valence electrons. The standard InChI is InChI=1S/C21H20F5NO2/c1-12(2)15-4-3-5-16(22)19(15)18-10-17(23)20(28)27(18)11-13-6-8-14(9-7-13)29-21(24,25)26/h3-9,12,17-18H,10-11H2,1-2H3. The van der Waals surface area contributed by atoms with E-state index in [1.54, 1.807) is 12.1 Å². The van der Waals surface area contributed by atoms with E-state index < -0.39 is 36.0 Å². The third-order valence-electron chi connectivity index (χ3n) is 4.91. The van der Waals surface area contributed by atoms with E-state index in [1.807, 2.05) is 13.8 Å². The van der Waals surface area contributed by atoms with Gasteiger partial charge in [0.1, 0.15) is 11.6 Å². The molecule has 0 N–H and O–H groups in total. The number of carbonyl (C=O) groups is 1. The number of ether oxygens (including phenoxy) is 1. The van der Waals surface area contributed by atoms with Crippen molar-refractivity contribution in [2.45, 2.75) is 51.3 Å². The number of rotatable bonds is 5. The lowest BCUT2D eigenvalue weighted by Crippen LogP contribution is -2.30. The molecule has 8 heteroatoms. The predicted octanol–water partition coefficient (Wildman–Crippen LogP) is 5.66. The second kappa shape index (κ2) is 8.00. The van der Waals surface area contributed by atoms with Crippen LogP contribution in [0.3, 0.4) is 0 Å². The number of alkyl halides is 4. The van der Waals surface area contributed by atoms with Crippen LogP contribution in [-0.2, 0) is 11.3 Å². The van der Waals surface area contributed by atoms with Crippen molar-refractivity contribution in [3.8, 4) is 5.75 Å². The van der Waals surface area contributed by atoms with E-state index in [0.717, 1.165) is 12.1 Å². The second-order valence-corrected chi connectivity index (χ2v) is 7.27. The first-order valence-electron chi connectivity index (χ1n) is 9.14. The van der Waals surface area contributed by atoms with Crippen molar-refractivity contribution in [2.75, 3.05) is 0 Å². The first kappa shape index (κ1) is 21.1. The van der Waals surface area contributed by atoms with Crippen LogP contribution in [0.15, 0.2) is 42.5 Å². The molecule has 1 heterocycles. The van der Waals surface area contributed by atoms with Gasteiger partial charge in [-0.1, -0.05) is 38.1 Å². The maximum atomic E-state index is 14.7. The summed E-state index contributed by atoms with van der Waals surface area (Å²) in [5.74, 6) is -1.70. The molecule has 3 nitrogen and oxygen atoms in total. The van der Waals surface area contributed by atoms with Crippen molar-refractivity contribution < 1.29 is 31.5 Å². The lowest BCUT2D eigenvalue weighted by molar-refractivity contribution is -0.274. The van der Waals surface area contributed by atoms with Crippen molar-refractivity contribution in [3.05, 3.63) is 65.0 Å². The minimum absolute atomic E-state index is 0.0323. The van der Waals surface area contributed by atoms with Gasteiger partial charge in [-0.2, -0.15) is 0 Å². The highest BCUT2D eigenvalue weighted by Gasteiger charge is 2.42. The van der Waals surface area contributed by atoms with Crippen LogP contribution in [0.1, 0.15) is 48.9 Å². The molecular formula is C21H20F5NO2. The Morgan fingerprint density at radius 3 is 2.38 bits per heavy atom. The van der Waals surface area contributed by atoms with Gasteiger partial charge in [-0.25, -0.2) is 8.78 Å². The molecule has 0 bridgehead atoms. The highest BCUT2D eigenvalue weighted by atomic mass is 19.4. The molecule has 0 spiro atoms. The van der Waals surface area contributed by atoms with Gasteiger partial charge in [-0.15, -0.1) is 13.2 Å². The van der Waals surface area contributed by atoms with Gasteiger partial charge in [0.15, 0.2) is 6.17 Å². The van der Waals surface area contributed by atoms with Crippen molar-refractivity contribution in [1.29, 1.82) is 0 Å². The summed E-state index contributed by atoms with van der Waals surface area (Å²) in [5.41, 5.74) is 1.46. The summed E-state index contributed by atoms with van der Waals surface area (Å²) in [6.45, 7) is 3.71. The van der Waals surface area contributed by atoms with E-state index in [2.05, 4.69) is 4.74 Å². The van der Waals surface area contributed by atoms with Crippen LogP contribution in [-0.4, -0.2) is 23.3 Å². The zero-order valence-corrected chi connectivity index (χ0v) is 15.8. The van der Waals surface area contributed by atoms with Crippen LogP contribution >= 0.6 is 0 Å². The Morgan fingerprint density at radius 1 is 1.14 bits per heavy atom. The summed E-state index contributed by atoms with van der Waals surface area (Å²) in [6.07, 6.45) is -6.74. The SMILES string of the molecule is CC(C)c1cccc(F)c1C1CC(F)C(=O)N1Cc1ccc(OC(F)(F)F)cc1. The van der Waals surface area contributed by atoms with Gasteiger partial charge < -0.3 is 9.64 Å². The number of hydrogen-bond acceptors (Lipinski definition) is 2. The number of amides is 1. The van der Waals surface area contributed by atoms with Gasteiger partial charge in [0.05, 0.1) is 6.04 Å². The normalized spacial score (nSPS) is 19.9. The average molecular weight is 413 g/mol. The summed E-state index contributed by atoms with van der Waals surface area (Å²) in [4.78, 5) is 13.6. The summed E-state index contributed by atoms with van der Waals surface area (Å²) < 4.78 is 69.6. The average Bonchev–Trinajstić information content (AvgIpc) is 2.90. The molecule has 2 aromatic rings. The van der Waals surface area contributed by atoms with E-state index >= 15 is 0 Å². The zero-order valence-electron chi connectivity index (χ0n) is 15.8. The maximum absolute atomic E-state index is 14.7. The molecule has 29 heavy (non-hydrogen) atoms. The van der Waals surface area contributed by atoms with Crippen molar-refractivity contribution in [3.63, 3.8) is 0 Å². The van der Waals surface area contributed by atoms with Crippen LogP contribution in [0.4, 0.5) is 22.0 Å². The highest BCUT2D eigenvalue weighted by Crippen LogP contribution is 2.40. The number of likely N-dealkylation sites (tertiary alicyclic amines) is 1. The van der Waals surface area contributed by atoms with Crippen LogP contribution in [0.2, 0.25) is 0 Å². The third kappa shape index (κ3) is 4.68. The fourth-order valence-corrected chi connectivity index (χ4v) is 3.62. The maximum Gasteiger partial charge on any atom is 0.573 e. The number of benzene rings is 2. The van der Waals surface area contributed by atoms with E-state index in [4.69, 9.17) is 0 Å². The predicted molar refractivity (Wildman–Crippen MR) is 96.4 cm³/mol. The van der Waals surface area contributed by atoms with Crippen molar-refractivity contribution in [1.82, 2.24) is 4.90 Å². The lowest BCUT2D eigenvalue weighted by atomic mass is 9.91. The van der Waals surface area contributed by atoms with Crippen molar-refractivity contribution >= 4 is 5.91 Å². The molecule has 3 rings (SSSR count). The summed E-state index contributed by atoms with van der Waals surface area (Å²) >= 11 is 0. The molecule has 0 radical (unpaired) electrons. The summed E-state index contributed by atoms with van der Waals surface area (Å²) in [6, 6.07) is 8.77. The number of halogens is 5. The Bertz CT molecular complexity index is 880. The summed E-state index contributed by atoms with van der Waals surface area (Å²) in [7, 11) is 0. The third-order valence-corrected chi connectivity index (χ3v) is 4.91. The van der Waals surface area contributed by atoms with E-state index in [0.29, 0.717) is 11.1 Å². The molecule has 1 amide bonds. The zero-order chi connectivity index (χ0) is 21.3. The fraction of sp³-hybridized carbons (Fsp3) is 0.381. The van der Waals surface area contributed by atoms with Crippen LogP contribution < -0.4 is 4.74 Å². The minimum Gasteiger partial charge on any atom is -0.406 e. The van der Waals surface area contributed by atoms with Gasteiger partial charge in [0.2, 0.25) is 0 Å². The molecule has 1 aliphatic rings. The Labute approximate surface area is 165 Å². The largest absolute Gasteiger partial charge is 0.573 e. The molecule has 1 saturated heterocycles. The number of hydrogen-bond donors (Lipinski definition) is 0. The van der Waals surface area contributed by atoms with Gasteiger partial charge in [-0.3, -0.25) is 4.79 Å². The molecular weight excluding hydrogens is 393 g/mol. The highest BCUT2D eigenvalue weighted by molar-refractivity contribution is 5.83. The topological polar surface area (TPSA) is 29.5 Å². The molecule has 0 saturated carbocycles. The first-order valence-corrected chi connectivity index (χ1v) is 9.14. The van der Waals surface area contributed by atoms with E-state index in [1.165, 1.54) is 23.1 Å². The molecule has 2 aromatic carbocycles. The van der Waals surface area contributed by atoms with Gasteiger partial charge in [0, 0.05) is 18.5 Å². The molecule has 2 unspecified atom stereocenters. The second-order valence-electron chi connectivity index (χ2n) is 7.27. The van der Waals surface area contributed by atoms with Crippen molar-refractivity contribution in [2.24, 2.45) is 0 Å². The summed E-state index contributed by atoms with van der Waals surface area (Å²) in [5, 5.41) is 0. The smallest absolute Gasteiger partial charge is 0.406 e. The van der Waals surface area contributed by atoms with Gasteiger partial charge in [0.25, 0.3) is 5.91 Å². The van der Waals surface area contributed by atoms with Crippen LogP contribution in [0.5, 0.6) is 5.75 Å². The van der Waals surface area contributed by atoms with E-state index in [9.17, 15) is 26.7 Å². The van der Waals surface area contributed by atoms with Gasteiger partial charge in [-0.05, 0) is 35.2 Å². The Kier molecular flexibility index (Phi) is 5.82. The molecule has 0 aromatic heterocycles. The molecule has 1 fully saturated rings. The van der Waals surface area contributed by atoms with Crippen LogP contribution in [0, 0.1) is 5.82 Å². The number of nitrogens with zero attached hydrogens (tertiary/aromatic N) is 1.